The monoisotopic (exact) mass is 313 g/mol. The Morgan fingerprint density at radius 1 is 1.22 bits per heavy atom. The molecule has 5 heteroatoms. The van der Waals surface area contributed by atoms with E-state index in [0.717, 1.165) is 30.4 Å². The van der Waals surface area contributed by atoms with Crippen molar-refractivity contribution < 1.29 is 19.0 Å². The number of allylic oxidation sites excluding steroid dienone is 2. The second-order valence-corrected chi connectivity index (χ2v) is 5.37. The minimum atomic E-state index is -1.06. The molecule has 3 rings (SSSR count). The van der Waals surface area contributed by atoms with E-state index in [-0.39, 0.29) is 11.5 Å². The third-order valence-corrected chi connectivity index (χ3v) is 3.98. The Balaban J connectivity index is 2.14. The van der Waals surface area contributed by atoms with E-state index in [9.17, 15) is 9.18 Å². The molecule has 1 aliphatic carbocycles. The number of hydrogen-bond donors (Lipinski definition) is 1. The molecule has 1 N–H and O–H groups in total. The summed E-state index contributed by atoms with van der Waals surface area (Å²) in [6, 6.07) is 9.36. The number of carboxylic acids is 1. The van der Waals surface area contributed by atoms with Gasteiger partial charge in [-0.2, -0.15) is 0 Å². The van der Waals surface area contributed by atoms with Crippen LogP contribution in [0.1, 0.15) is 41.0 Å². The lowest BCUT2D eigenvalue weighted by Crippen LogP contribution is -2.02. The maximum atomic E-state index is 13.7. The Kier molecular flexibility index (Phi) is 4.10. The number of carbonyl (C=O) groups is 1. The van der Waals surface area contributed by atoms with Gasteiger partial charge in [-0.05, 0) is 60.7 Å². The highest BCUT2D eigenvalue weighted by Gasteiger charge is 2.22. The first-order chi connectivity index (χ1) is 11.1. The van der Waals surface area contributed by atoms with Gasteiger partial charge in [-0.1, -0.05) is 6.07 Å². The van der Waals surface area contributed by atoms with Crippen LogP contribution < -0.4 is 4.74 Å². The molecule has 1 aromatic heterocycles. The van der Waals surface area contributed by atoms with E-state index in [0.29, 0.717) is 17.0 Å². The topological polar surface area (TPSA) is 59.4 Å². The smallest absolute Gasteiger partial charge is 0.354 e. The lowest BCUT2D eigenvalue weighted by atomic mass is 9.98. The van der Waals surface area contributed by atoms with Crippen LogP contribution in [0.2, 0.25) is 0 Å². The highest BCUT2D eigenvalue weighted by atomic mass is 19.1. The van der Waals surface area contributed by atoms with Crippen LogP contribution >= 0.6 is 0 Å². The van der Waals surface area contributed by atoms with Crippen molar-refractivity contribution in [1.82, 2.24) is 4.98 Å². The van der Waals surface area contributed by atoms with Crippen molar-refractivity contribution >= 4 is 17.1 Å². The van der Waals surface area contributed by atoms with Crippen molar-refractivity contribution in [2.24, 2.45) is 0 Å². The average molecular weight is 313 g/mol. The van der Waals surface area contributed by atoms with Crippen LogP contribution in [0.3, 0.4) is 0 Å². The summed E-state index contributed by atoms with van der Waals surface area (Å²) in [5.74, 6) is -0.780. The number of halogens is 1. The largest absolute Gasteiger partial charge is 0.496 e. The van der Waals surface area contributed by atoms with Crippen molar-refractivity contribution in [3.05, 3.63) is 59.2 Å². The molecule has 0 unspecified atom stereocenters. The van der Waals surface area contributed by atoms with Gasteiger partial charge in [0.15, 0.2) is 0 Å². The van der Waals surface area contributed by atoms with E-state index >= 15 is 0 Å². The number of methoxy groups -OCH3 is 1. The Labute approximate surface area is 133 Å². The van der Waals surface area contributed by atoms with Gasteiger partial charge in [0.25, 0.3) is 0 Å². The van der Waals surface area contributed by atoms with Crippen molar-refractivity contribution in [1.29, 1.82) is 0 Å². The summed E-state index contributed by atoms with van der Waals surface area (Å²) >= 11 is 0. The van der Waals surface area contributed by atoms with Crippen LogP contribution in [0.4, 0.5) is 4.39 Å². The highest BCUT2D eigenvalue weighted by molar-refractivity contribution is 5.94. The highest BCUT2D eigenvalue weighted by Crippen LogP contribution is 2.42. The first-order valence-corrected chi connectivity index (χ1v) is 7.37. The molecule has 1 aliphatic rings. The van der Waals surface area contributed by atoms with Crippen LogP contribution in [0.25, 0.3) is 11.1 Å². The minimum Gasteiger partial charge on any atom is -0.496 e. The molecular formula is C18H16FNO3. The second kappa shape index (κ2) is 6.20. The average Bonchev–Trinajstić information content (AvgIpc) is 3.04. The standard InChI is InChI=1S/C18H16FNO3/c1-23-17-9-8-11(19)10-14(17)12-4-2-5-13(12)15-6-3-7-16(20-15)18(21)22/h3,6-10H,2,4-5H2,1H3,(H,21,22). The first-order valence-electron chi connectivity index (χ1n) is 7.37. The molecule has 1 aromatic carbocycles. The number of aromatic nitrogens is 1. The molecule has 0 atom stereocenters. The van der Waals surface area contributed by atoms with E-state index in [1.54, 1.807) is 25.3 Å². The summed E-state index contributed by atoms with van der Waals surface area (Å²) in [6.45, 7) is 0. The normalized spacial score (nSPS) is 14.2. The number of benzene rings is 1. The Hall–Kier alpha value is -2.69. The zero-order valence-corrected chi connectivity index (χ0v) is 12.7. The maximum Gasteiger partial charge on any atom is 0.354 e. The molecule has 0 spiro atoms. The third kappa shape index (κ3) is 2.95. The van der Waals surface area contributed by atoms with Gasteiger partial charge in [-0.3, -0.25) is 0 Å². The summed E-state index contributed by atoms with van der Waals surface area (Å²) < 4.78 is 19.0. The Bertz CT molecular complexity index is 799. The van der Waals surface area contributed by atoms with Gasteiger partial charge in [0.2, 0.25) is 0 Å². The first kappa shape index (κ1) is 15.2. The Morgan fingerprint density at radius 3 is 2.74 bits per heavy atom. The molecular weight excluding hydrogens is 297 g/mol. The quantitative estimate of drug-likeness (QED) is 0.926. The van der Waals surface area contributed by atoms with Crippen molar-refractivity contribution in [2.45, 2.75) is 19.3 Å². The summed E-state index contributed by atoms with van der Waals surface area (Å²) in [7, 11) is 1.55. The zero-order valence-electron chi connectivity index (χ0n) is 12.7. The fourth-order valence-electron chi connectivity index (χ4n) is 2.96. The summed E-state index contributed by atoms with van der Waals surface area (Å²) in [5.41, 5.74) is 3.27. The number of aromatic carboxylic acids is 1. The fourth-order valence-corrected chi connectivity index (χ4v) is 2.96. The van der Waals surface area contributed by atoms with Crippen LogP contribution in [-0.2, 0) is 0 Å². The van der Waals surface area contributed by atoms with Crippen LogP contribution in [0.15, 0.2) is 36.4 Å². The van der Waals surface area contributed by atoms with Crippen molar-refractivity contribution in [3.8, 4) is 5.75 Å². The molecule has 0 amide bonds. The zero-order chi connectivity index (χ0) is 16.4. The second-order valence-electron chi connectivity index (χ2n) is 5.37. The number of carboxylic acid groups (broad SMARTS) is 1. The summed E-state index contributed by atoms with van der Waals surface area (Å²) in [5, 5.41) is 9.11. The van der Waals surface area contributed by atoms with Gasteiger partial charge < -0.3 is 9.84 Å². The van der Waals surface area contributed by atoms with E-state index in [4.69, 9.17) is 9.84 Å². The Morgan fingerprint density at radius 2 is 2.00 bits per heavy atom. The molecule has 1 heterocycles. The predicted octanol–water partition coefficient (Wildman–Crippen LogP) is 4.02. The van der Waals surface area contributed by atoms with Crippen molar-refractivity contribution in [3.63, 3.8) is 0 Å². The van der Waals surface area contributed by atoms with E-state index in [2.05, 4.69) is 4.98 Å². The van der Waals surface area contributed by atoms with E-state index in [1.807, 2.05) is 0 Å². The van der Waals surface area contributed by atoms with Gasteiger partial charge in [0, 0.05) is 5.56 Å². The third-order valence-electron chi connectivity index (χ3n) is 3.98. The summed E-state index contributed by atoms with van der Waals surface area (Å²) in [6.07, 6.45) is 2.49. The van der Waals surface area contributed by atoms with Crippen LogP contribution in [0, 0.1) is 5.82 Å². The van der Waals surface area contributed by atoms with Gasteiger partial charge in [-0.25, -0.2) is 14.2 Å². The number of rotatable bonds is 4. The van der Waals surface area contributed by atoms with Crippen molar-refractivity contribution in [2.75, 3.05) is 7.11 Å². The fraction of sp³-hybridized carbons (Fsp3) is 0.222. The molecule has 0 saturated carbocycles. The summed E-state index contributed by atoms with van der Waals surface area (Å²) in [4.78, 5) is 15.3. The molecule has 23 heavy (non-hydrogen) atoms. The SMILES string of the molecule is COc1ccc(F)cc1C1=C(c2cccc(C(=O)O)n2)CCC1. The number of nitrogens with zero attached hydrogens (tertiary/aromatic N) is 1. The molecule has 4 nitrogen and oxygen atoms in total. The molecule has 0 fully saturated rings. The molecule has 0 saturated heterocycles. The minimum absolute atomic E-state index is 0.00690. The molecule has 118 valence electrons. The van der Waals surface area contributed by atoms with Gasteiger partial charge in [0.1, 0.15) is 17.3 Å². The molecule has 0 radical (unpaired) electrons. The van der Waals surface area contributed by atoms with Gasteiger partial charge in [-0.15, -0.1) is 0 Å². The lowest BCUT2D eigenvalue weighted by molar-refractivity contribution is 0.0690. The van der Waals surface area contributed by atoms with Gasteiger partial charge in [0.05, 0.1) is 12.8 Å². The number of pyridine rings is 1. The lowest BCUT2D eigenvalue weighted by Gasteiger charge is -2.12. The van der Waals surface area contributed by atoms with Crippen LogP contribution in [0.5, 0.6) is 5.75 Å². The maximum absolute atomic E-state index is 13.7. The molecule has 2 aromatic rings. The number of ether oxygens (including phenoxy) is 1. The number of hydrogen-bond acceptors (Lipinski definition) is 3. The van der Waals surface area contributed by atoms with E-state index < -0.39 is 5.97 Å². The molecule has 0 aliphatic heterocycles. The molecule has 0 bridgehead atoms. The van der Waals surface area contributed by atoms with E-state index in [1.165, 1.54) is 18.2 Å². The van der Waals surface area contributed by atoms with Gasteiger partial charge >= 0.3 is 5.97 Å². The van der Waals surface area contributed by atoms with Crippen LogP contribution in [-0.4, -0.2) is 23.2 Å². The predicted molar refractivity (Wildman–Crippen MR) is 84.8 cm³/mol.